The first-order chi connectivity index (χ1) is 29.9. The molecule has 0 saturated carbocycles. The summed E-state index contributed by atoms with van der Waals surface area (Å²) in [5.74, 6) is 0.410. The highest BCUT2D eigenvalue weighted by atomic mass is 16.6. The number of nitrogens with one attached hydrogen (secondary N) is 1. The normalized spacial score (nSPS) is 16.4. The van der Waals surface area contributed by atoms with Crippen molar-refractivity contribution in [3.63, 3.8) is 0 Å². The lowest BCUT2D eigenvalue weighted by Gasteiger charge is -2.37. The van der Waals surface area contributed by atoms with Crippen LogP contribution in [-0.4, -0.2) is 76.9 Å². The zero-order valence-electron chi connectivity index (χ0n) is 35.3. The lowest BCUT2D eigenvalue weighted by molar-refractivity contribution is -0.156. The third-order valence-corrected chi connectivity index (χ3v) is 10.7. The van der Waals surface area contributed by atoms with Crippen LogP contribution < -0.4 is 25.3 Å². The van der Waals surface area contributed by atoms with Gasteiger partial charge in [0, 0.05) is 12.8 Å². The molecular weight excluding hydrogens is 793 g/mol. The van der Waals surface area contributed by atoms with Crippen LogP contribution >= 0.6 is 0 Å². The summed E-state index contributed by atoms with van der Waals surface area (Å²) in [5, 5.41) is 2.78. The molecule has 1 saturated heterocycles. The van der Waals surface area contributed by atoms with Gasteiger partial charge in [-0.3, -0.25) is 19.0 Å². The molecule has 0 unspecified atom stereocenters. The predicted octanol–water partition coefficient (Wildman–Crippen LogP) is 6.63. The van der Waals surface area contributed by atoms with Crippen LogP contribution in [0.3, 0.4) is 0 Å². The van der Waals surface area contributed by atoms with Crippen molar-refractivity contribution in [3.05, 3.63) is 138 Å². The number of rotatable bonds is 17. The number of fused-ring (bicyclic) bond motifs is 1. The fraction of sp³-hybridized carbons (Fsp3) is 0.319. The Morgan fingerprint density at radius 3 is 1.97 bits per heavy atom. The molecule has 1 fully saturated rings. The fourth-order valence-corrected chi connectivity index (χ4v) is 7.40. The number of carbonyl (C=O) groups excluding carboxylic acids is 3. The molecule has 0 radical (unpaired) electrons. The maximum atomic E-state index is 13.1. The topological polar surface area (TPSA) is 188 Å². The lowest BCUT2D eigenvalue weighted by Crippen LogP contribution is -2.39. The van der Waals surface area contributed by atoms with E-state index in [9.17, 15) is 14.4 Å². The van der Waals surface area contributed by atoms with Crippen LogP contribution in [0.4, 0.5) is 5.82 Å². The van der Waals surface area contributed by atoms with E-state index in [1.54, 1.807) is 18.8 Å². The van der Waals surface area contributed by atoms with Gasteiger partial charge in [0.15, 0.2) is 23.6 Å². The van der Waals surface area contributed by atoms with Crippen molar-refractivity contribution in [1.29, 1.82) is 0 Å². The first kappa shape index (κ1) is 43.3. The van der Waals surface area contributed by atoms with Crippen molar-refractivity contribution in [1.82, 2.24) is 19.5 Å². The minimum Gasteiger partial charge on any atom is -0.497 e. The highest BCUT2D eigenvalue weighted by Crippen LogP contribution is 2.43. The van der Waals surface area contributed by atoms with Gasteiger partial charge in [0.05, 0.1) is 33.6 Å². The number of nitrogens with zero attached hydrogens (tertiary/aromatic N) is 4. The Hall–Kier alpha value is -6.84. The molecule has 15 heteroatoms. The molecule has 0 bridgehead atoms. The van der Waals surface area contributed by atoms with Crippen LogP contribution in [0.15, 0.2) is 116 Å². The molecule has 1 aliphatic rings. The monoisotopic (exact) mass is 842 g/mol. The summed E-state index contributed by atoms with van der Waals surface area (Å²) in [6.07, 6.45) is 0.273. The number of primary amides is 1. The molecule has 62 heavy (non-hydrogen) atoms. The second kappa shape index (κ2) is 18.8. The van der Waals surface area contributed by atoms with Crippen LogP contribution in [0.25, 0.3) is 11.2 Å². The number of hydrogen-bond acceptors (Lipinski definition) is 12. The minimum atomic E-state index is -1.19. The van der Waals surface area contributed by atoms with Crippen molar-refractivity contribution < 1.29 is 42.8 Å². The van der Waals surface area contributed by atoms with Crippen molar-refractivity contribution in [2.45, 2.75) is 69.5 Å². The molecule has 2 amide bonds. The molecule has 15 nitrogen and oxygen atoms in total. The smallest absolute Gasteiger partial charge is 0.306 e. The number of ether oxygens (including phenoxy) is 6. The van der Waals surface area contributed by atoms with Gasteiger partial charge in [0.2, 0.25) is 5.91 Å². The summed E-state index contributed by atoms with van der Waals surface area (Å²) in [5.41, 5.74) is 8.41. The molecule has 3 atom stereocenters. The van der Waals surface area contributed by atoms with Crippen LogP contribution in [0, 0.1) is 0 Å². The van der Waals surface area contributed by atoms with E-state index in [-0.39, 0.29) is 43.7 Å². The number of methoxy groups -OCH3 is 2. The molecule has 0 spiro atoms. The summed E-state index contributed by atoms with van der Waals surface area (Å²) in [6.45, 7) is 6.06. The average Bonchev–Trinajstić information content (AvgIpc) is 3.90. The molecule has 3 heterocycles. The van der Waals surface area contributed by atoms with Crippen LogP contribution in [0.5, 0.6) is 17.2 Å². The molecule has 322 valence electrons. The second-order valence-electron chi connectivity index (χ2n) is 15.8. The number of benzene rings is 4. The second-order valence-corrected chi connectivity index (χ2v) is 15.8. The molecule has 0 aliphatic carbocycles. The molecule has 7 rings (SSSR count). The number of amides is 2. The fourth-order valence-electron chi connectivity index (χ4n) is 7.40. The van der Waals surface area contributed by atoms with Crippen LogP contribution in [0.2, 0.25) is 0 Å². The molecule has 4 aromatic carbocycles. The summed E-state index contributed by atoms with van der Waals surface area (Å²) in [7, 11) is 3.21. The Morgan fingerprint density at radius 1 is 0.774 bits per heavy atom. The van der Waals surface area contributed by atoms with E-state index in [0.717, 1.165) is 22.3 Å². The van der Waals surface area contributed by atoms with E-state index >= 15 is 0 Å². The number of anilines is 1. The van der Waals surface area contributed by atoms with E-state index < -0.39 is 41.8 Å². The van der Waals surface area contributed by atoms with Gasteiger partial charge in [0.1, 0.15) is 47.6 Å². The highest BCUT2D eigenvalue weighted by molar-refractivity contribution is 5.97. The summed E-state index contributed by atoms with van der Waals surface area (Å²) >= 11 is 0. The first-order valence-electron chi connectivity index (χ1n) is 20.2. The van der Waals surface area contributed by atoms with E-state index in [1.165, 1.54) is 12.7 Å². The van der Waals surface area contributed by atoms with E-state index in [2.05, 4.69) is 41.0 Å². The Morgan fingerprint density at radius 2 is 1.37 bits per heavy atom. The maximum Gasteiger partial charge on any atom is 0.306 e. The van der Waals surface area contributed by atoms with Gasteiger partial charge in [-0.1, -0.05) is 87.5 Å². The third-order valence-electron chi connectivity index (χ3n) is 10.7. The van der Waals surface area contributed by atoms with Gasteiger partial charge in [-0.15, -0.1) is 0 Å². The molecular formula is C47H50N6O9. The number of nitrogens with two attached hydrogens (primary N) is 1. The van der Waals surface area contributed by atoms with Gasteiger partial charge in [-0.05, 0) is 64.1 Å². The van der Waals surface area contributed by atoms with Gasteiger partial charge in [0.25, 0.3) is 5.91 Å². The zero-order chi connectivity index (χ0) is 43.9. The Bertz CT molecular complexity index is 2420. The number of hydrogen-bond donors (Lipinski definition) is 2. The van der Waals surface area contributed by atoms with Crippen molar-refractivity contribution >= 4 is 34.8 Å². The van der Waals surface area contributed by atoms with E-state index in [0.29, 0.717) is 28.4 Å². The average molecular weight is 843 g/mol. The minimum absolute atomic E-state index is 0.0165. The van der Waals surface area contributed by atoms with Crippen molar-refractivity contribution in [3.8, 4) is 17.2 Å². The zero-order valence-corrected chi connectivity index (χ0v) is 35.3. The number of imidazole rings is 1. The SMILES string of the molecule is COc1ccc(C(OC[C@H]2O[C@@H](n3cnc4c(NC(=O)COc5ccc(C(C)(C)C)cc5)ncnc43)C[C@@H]2OC(=O)CCC(N)=O)(c2ccccc2)c2ccc(OC)cc2)cc1. The standard InChI is InChI=1S/C47H50N6O9/c1-46(2,3)30-11-21-36(22-12-30)59-27-40(55)52-44-43-45(50-28-49-44)53(29-51-43)41-25-37(62-42(56)24-23-39(48)54)38(61-41)26-60-47(31-9-7-6-8-10-31,32-13-17-34(57-4)18-14-32)33-15-19-35(58-5)20-16-33/h6-22,28-29,37-38,41H,23-27H2,1-5H3,(H2,48,54)(H,49,50,52,55)/t37-,38+,41+/m0/s1. The molecule has 2 aromatic heterocycles. The number of esters is 1. The Balaban J connectivity index is 1.16. The Labute approximate surface area is 359 Å². The van der Waals surface area contributed by atoms with Crippen LogP contribution in [0.1, 0.15) is 68.5 Å². The number of carbonyl (C=O) groups is 3. The van der Waals surface area contributed by atoms with Crippen molar-refractivity contribution in [2.24, 2.45) is 5.73 Å². The maximum absolute atomic E-state index is 13.1. The number of aromatic nitrogens is 4. The lowest BCUT2D eigenvalue weighted by atomic mass is 9.80. The van der Waals surface area contributed by atoms with Gasteiger partial charge >= 0.3 is 5.97 Å². The highest BCUT2D eigenvalue weighted by Gasteiger charge is 2.44. The molecule has 3 N–H and O–H groups in total. The molecule has 1 aliphatic heterocycles. The Kier molecular flexibility index (Phi) is 13.1. The predicted molar refractivity (Wildman–Crippen MR) is 230 cm³/mol. The summed E-state index contributed by atoms with van der Waals surface area (Å²) in [4.78, 5) is 51.1. The largest absolute Gasteiger partial charge is 0.497 e. The summed E-state index contributed by atoms with van der Waals surface area (Å²) < 4.78 is 38.3. The molecule has 6 aromatic rings. The summed E-state index contributed by atoms with van der Waals surface area (Å²) in [6, 6.07) is 32.6. The van der Waals surface area contributed by atoms with E-state index in [1.807, 2.05) is 103 Å². The van der Waals surface area contributed by atoms with Crippen molar-refractivity contribution in [2.75, 3.05) is 32.8 Å². The van der Waals surface area contributed by atoms with Gasteiger partial charge in [-0.2, -0.15) is 0 Å². The van der Waals surface area contributed by atoms with E-state index in [4.69, 9.17) is 34.2 Å². The quantitative estimate of drug-likeness (QED) is 0.0738. The van der Waals surface area contributed by atoms with Gasteiger partial charge < -0.3 is 39.5 Å². The first-order valence-corrected chi connectivity index (χ1v) is 20.2. The third kappa shape index (κ3) is 9.69. The van der Waals surface area contributed by atoms with Crippen LogP contribution in [-0.2, 0) is 39.6 Å². The van der Waals surface area contributed by atoms with Gasteiger partial charge in [-0.25, -0.2) is 15.0 Å².